The van der Waals surface area contributed by atoms with E-state index >= 15 is 0 Å². The Kier molecular flexibility index (Phi) is 6.33. The van der Waals surface area contributed by atoms with Gasteiger partial charge in [-0.1, -0.05) is 22.9 Å². The van der Waals surface area contributed by atoms with Crippen molar-refractivity contribution in [2.24, 2.45) is 0 Å². The molecule has 1 fully saturated rings. The SMILES string of the molecule is CCNC(c1cc(OC)c(OC)cc1Br)C1CCCCO1. The highest BCUT2D eigenvalue weighted by molar-refractivity contribution is 9.10. The number of hydrogen-bond donors (Lipinski definition) is 1. The zero-order chi connectivity index (χ0) is 15.2. The van der Waals surface area contributed by atoms with Crippen LogP contribution in [0.15, 0.2) is 16.6 Å². The third kappa shape index (κ3) is 3.90. The molecule has 2 unspecified atom stereocenters. The lowest BCUT2D eigenvalue weighted by Gasteiger charge is -2.32. The number of rotatable bonds is 6. The molecule has 1 aromatic carbocycles. The Hall–Kier alpha value is -0.780. The van der Waals surface area contributed by atoms with Gasteiger partial charge in [-0.3, -0.25) is 0 Å². The van der Waals surface area contributed by atoms with Crippen molar-refractivity contribution in [1.82, 2.24) is 5.32 Å². The lowest BCUT2D eigenvalue weighted by atomic mass is 9.95. The van der Waals surface area contributed by atoms with Crippen molar-refractivity contribution in [3.8, 4) is 11.5 Å². The number of methoxy groups -OCH3 is 2. The Morgan fingerprint density at radius 2 is 2.00 bits per heavy atom. The molecule has 2 rings (SSSR count). The Bertz CT molecular complexity index is 461. The second-order valence-electron chi connectivity index (χ2n) is 5.17. The van der Waals surface area contributed by atoms with Gasteiger partial charge in [0.2, 0.25) is 0 Å². The normalized spacial score (nSPS) is 20.1. The van der Waals surface area contributed by atoms with Crippen LogP contribution in [0.2, 0.25) is 0 Å². The Morgan fingerprint density at radius 3 is 2.57 bits per heavy atom. The van der Waals surface area contributed by atoms with Crippen LogP contribution >= 0.6 is 15.9 Å². The minimum Gasteiger partial charge on any atom is -0.493 e. The second-order valence-corrected chi connectivity index (χ2v) is 6.02. The molecular formula is C16H24BrNO3. The fourth-order valence-corrected chi connectivity index (χ4v) is 3.37. The molecule has 4 nitrogen and oxygen atoms in total. The molecule has 0 spiro atoms. The second kappa shape index (κ2) is 8.01. The highest BCUT2D eigenvalue weighted by Gasteiger charge is 2.28. The maximum absolute atomic E-state index is 5.98. The van der Waals surface area contributed by atoms with Crippen LogP contribution in [0.1, 0.15) is 37.8 Å². The highest BCUT2D eigenvalue weighted by atomic mass is 79.9. The molecule has 0 aromatic heterocycles. The van der Waals surface area contributed by atoms with Gasteiger partial charge in [0, 0.05) is 11.1 Å². The van der Waals surface area contributed by atoms with Crippen LogP contribution in [-0.4, -0.2) is 33.5 Å². The number of halogens is 1. The van der Waals surface area contributed by atoms with Gasteiger partial charge in [0.15, 0.2) is 11.5 Å². The van der Waals surface area contributed by atoms with Crippen molar-refractivity contribution < 1.29 is 14.2 Å². The average molecular weight is 358 g/mol. The summed E-state index contributed by atoms with van der Waals surface area (Å²) in [6.45, 7) is 3.85. The largest absolute Gasteiger partial charge is 0.493 e. The number of likely N-dealkylation sites (N-methyl/N-ethyl adjacent to an activating group) is 1. The van der Waals surface area contributed by atoms with E-state index in [1.165, 1.54) is 6.42 Å². The average Bonchev–Trinajstić information content (AvgIpc) is 2.53. The van der Waals surface area contributed by atoms with E-state index in [-0.39, 0.29) is 12.1 Å². The van der Waals surface area contributed by atoms with Crippen molar-refractivity contribution in [3.63, 3.8) is 0 Å². The standard InChI is InChI=1S/C16H24BrNO3/c1-4-18-16(13-7-5-6-8-21-13)11-9-14(19-2)15(20-3)10-12(11)17/h9-10,13,16,18H,4-8H2,1-3H3. The van der Waals surface area contributed by atoms with Crippen LogP contribution in [0.4, 0.5) is 0 Å². The number of benzene rings is 1. The smallest absolute Gasteiger partial charge is 0.161 e. The summed E-state index contributed by atoms with van der Waals surface area (Å²) in [6.07, 6.45) is 3.66. The summed E-state index contributed by atoms with van der Waals surface area (Å²) in [5, 5.41) is 3.55. The predicted molar refractivity (Wildman–Crippen MR) is 87.3 cm³/mol. The lowest BCUT2D eigenvalue weighted by Crippen LogP contribution is -2.36. The first-order chi connectivity index (χ1) is 10.2. The summed E-state index contributed by atoms with van der Waals surface area (Å²) in [6, 6.07) is 4.15. The fourth-order valence-electron chi connectivity index (χ4n) is 2.80. The molecule has 1 N–H and O–H groups in total. The maximum Gasteiger partial charge on any atom is 0.161 e. The van der Waals surface area contributed by atoms with Gasteiger partial charge in [0.05, 0.1) is 26.4 Å². The molecule has 0 radical (unpaired) electrons. The third-order valence-corrected chi connectivity index (χ3v) is 4.54. The van der Waals surface area contributed by atoms with Gasteiger partial charge in [0.25, 0.3) is 0 Å². The monoisotopic (exact) mass is 357 g/mol. The van der Waals surface area contributed by atoms with Gasteiger partial charge in [-0.25, -0.2) is 0 Å². The van der Waals surface area contributed by atoms with Gasteiger partial charge in [0.1, 0.15) is 0 Å². The van der Waals surface area contributed by atoms with E-state index in [1.807, 2.05) is 12.1 Å². The highest BCUT2D eigenvalue weighted by Crippen LogP contribution is 2.38. The van der Waals surface area contributed by atoms with Crippen molar-refractivity contribution in [2.45, 2.75) is 38.3 Å². The van der Waals surface area contributed by atoms with E-state index in [1.54, 1.807) is 14.2 Å². The molecule has 1 saturated heterocycles. The van der Waals surface area contributed by atoms with Crippen LogP contribution in [-0.2, 0) is 4.74 Å². The van der Waals surface area contributed by atoms with Gasteiger partial charge in [-0.2, -0.15) is 0 Å². The number of nitrogens with one attached hydrogen (secondary N) is 1. The summed E-state index contributed by atoms with van der Waals surface area (Å²) in [4.78, 5) is 0. The molecule has 1 heterocycles. The topological polar surface area (TPSA) is 39.7 Å². The molecule has 118 valence electrons. The molecule has 2 atom stereocenters. The van der Waals surface area contributed by atoms with Gasteiger partial charge in [-0.15, -0.1) is 0 Å². The summed E-state index contributed by atoms with van der Waals surface area (Å²) in [5.74, 6) is 1.47. The molecule has 0 bridgehead atoms. The van der Waals surface area contributed by atoms with Gasteiger partial charge in [-0.05, 0) is 43.5 Å². The summed E-state index contributed by atoms with van der Waals surface area (Å²) >= 11 is 3.66. The van der Waals surface area contributed by atoms with E-state index in [9.17, 15) is 0 Å². The first-order valence-corrected chi connectivity index (χ1v) is 8.27. The van der Waals surface area contributed by atoms with Crippen LogP contribution < -0.4 is 14.8 Å². The Morgan fingerprint density at radius 1 is 1.29 bits per heavy atom. The summed E-state index contributed by atoms with van der Waals surface area (Å²) < 4.78 is 17.8. The van der Waals surface area contributed by atoms with Gasteiger partial charge < -0.3 is 19.5 Å². The molecule has 21 heavy (non-hydrogen) atoms. The molecular weight excluding hydrogens is 334 g/mol. The predicted octanol–water partition coefficient (Wildman–Crippen LogP) is 3.69. The van der Waals surface area contributed by atoms with Crippen molar-refractivity contribution in [1.29, 1.82) is 0 Å². The van der Waals surface area contributed by atoms with E-state index < -0.39 is 0 Å². The molecule has 0 amide bonds. The minimum atomic E-state index is 0.157. The van der Waals surface area contributed by atoms with Crippen molar-refractivity contribution in [3.05, 3.63) is 22.2 Å². The minimum absolute atomic E-state index is 0.157. The van der Waals surface area contributed by atoms with E-state index in [0.717, 1.165) is 47.5 Å². The third-order valence-electron chi connectivity index (χ3n) is 3.85. The zero-order valence-electron chi connectivity index (χ0n) is 12.9. The molecule has 1 aliphatic heterocycles. The van der Waals surface area contributed by atoms with E-state index in [2.05, 4.69) is 28.2 Å². The molecule has 5 heteroatoms. The van der Waals surface area contributed by atoms with Gasteiger partial charge >= 0.3 is 0 Å². The first-order valence-electron chi connectivity index (χ1n) is 7.47. The molecule has 0 aliphatic carbocycles. The Balaban J connectivity index is 2.34. The number of hydrogen-bond acceptors (Lipinski definition) is 4. The van der Waals surface area contributed by atoms with Crippen LogP contribution in [0, 0.1) is 0 Å². The zero-order valence-corrected chi connectivity index (χ0v) is 14.5. The summed E-state index contributed by atoms with van der Waals surface area (Å²) in [7, 11) is 3.31. The molecule has 1 aromatic rings. The molecule has 0 saturated carbocycles. The first kappa shape index (κ1) is 16.6. The van der Waals surface area contributed by atoms with Crippen molar-refractivity contribution in [2.75, 3.05) is 27.4 Å². The van der Waals surface area contributed by atoms with Crippen LogP contribution in [0.25, 0.3) is 0 Å². The van der Waals surface area contributed by atoms with E-state index in [0.29, 0.717) is 0 Å². The van der Waals surface area contributed by atoms with Crippen LogP contribution in [0.5, 0.6) is 11.5 Å². The molecule has 1 aliphatic rings. The van der Waals surface area contributed by atoms with E-state index in [4.69, 9.17) is 14.2 Å². The Labute approximate surface area is 135 Å². The summed E-state index contributed by atoms with van der Waals surface area (Å²) in [5.41, 5.74) is 1.15. The lowest BCUT2D eigenvalue weighted by molar-refractivity contribution is -0.00805. The quantitative estimate of drug-likeness (QED) is 0.842. The maximum atomic E-state index is 5.98. The van der Waals surface area contributed by atoms with Crippen molar-refractivity contribution >= 4 is 15.9 Å². The fraction of sp³-hybridized carbons (Fsp3) is 0.625. The van der Waals surface area contributed by atoms with Crippen LogP contribution in [0.3, 0.4) is 0 Å². The number of ether oxygens (including phenoxy) is 3.